The lowest BCUT2D eigenvalue weighted by Crippen LogP contribution is -2.07. The average molecular weight is 406 g/mol. The van der Waals surface area contributed by atoms with Crippen molar-refractivity contribution in [3.05, 3.63) is 101 Å². The molecule has 0 atom stereocenters. The van der Waals surface area contributed by atoms with Crippen LogP contribution < -0.4 is 0 Å². The van der Waals surface area contributed by atoms with E-state index in [4.69, 9.17) is 4.98 Å². The van der Waals surface area contributed by atoms with Crippen molar-refractivity contribution in [3.63, 3.8) is 0 Å². The molecule has 0 bridgehead atoms. The van der Waals surface area contributed by atoms with Crippen LogP contribution in [0.25, 0.3) is 22.4 Å². The molecule has 152 valence electrons. The molecule has 4 aromatic rings. The molecule has 5 rings (SSSR count). The van der Waals surface area contributed by atoms with Crippen LogP contribution in [0.15, 0.2) is 73.4 Å². The SMILES string of the molecule is Cc1cnccc1C(=O)Cc1cnc2c(c1)CCCc1ccc(-c3cccnc3)cc1-2. The summed E-state index contributed by atoms with van der Waals surface area (Å²) in [7, 11) is 0. The number of ketones is 1. The number of carbonyl (C=O) groups excluding carboxylic acids is 1. The van der Waals surface area contributed by atoms with Crippen molar-refractivity contribution in [2.24, 2.45) is 0 Å². The second-order valence-corrected chi connectivity index (χ2v) is 8.11. The summed E-state index contributed by atoms with van der Waals surface area (Å²) in [6, 6.07) is 14.6. The van der Waals surface area contributed by atoms with Gasteiger partial charge in [0, 0.05) is 54.1 Å². The number of aromatic nitrogens is 3. The Morgan fingerprint density at radius 2 is 1.77 bits per heavy atom. The van der Waals surface area contributed by atoms with Gasteiger partial charge in [0.2, 0.25) is 0 Å². The average Bonchev–Trinajstić information content (AvgIpc) is 2.98. The molecule has 0 unspecified atom stereocenters. The molecule has 0 radical (unpaired) electrons. The van der Waals surface area contributed by atoms with E-state index in [0.717, 1.165) is 52.8 Å². The molecule has 0 aliphatic heterocycles. The monoisotopic (exact) mass is 405 g/mol. The van der Waals surface area contributed by atoms with Crippen LogP contribution in [0.5, 0.6) is 0 Å². The smallest absolute Gasteiger partial charge is 0.167 e. The fourth-order valence-corrected chi connectivity index (χ4v) is 4.35. The third kappa shape index (κ3) is 3.89. The van der Waals surface area contributed by atoms with E-state index < -0.39 is 0 Å². The number of rotatable bonds is 4. The molecule has 3 heterocycles. The number of hydrogen-bond acceptors (Lipinski definition) is 4. The summed E-state index contributed by atoms with van der Waals surface area (Å²) in [5.41, 5.74) is 9.63. The summed E-state index contributed by atoms with van der Waals surface area (Å²) in [4.78, 5) is 26.0. The van der Waals surface area contributed by atoms with Crippen LogP contribution in [-0.4, -0.2) is 20.7 Å². The zero-order valence-corrected chi connectivity index (χ0v) is 17.5. The van der Waals surface area contributed by atoms with Crippen LogP contribution in [0, 0.1) is 6.92 Å². The molecule has 1 aliphatic rings. The Morgan fingerprint density at radius 1 is 0.903 bits per heavy atom. The predicted molar refractivity (Wildman–Crippen MR) is 122 cm³/mol. The highest BCUT2D eigenvalue weighted by atomic mass is 16.1. The normalized spacial score (nSPS) is 12.5. The van der Waals surface area contributed by atoms with E-state index in [1.54, 1.807) is 24.7 Å². The zero-order chi connectivity index (χ0) is 21.2. The molecular formula is C27H23N3O. The van der Waals surface area contributed by atoms with Crippen molar-refractivity contribution >= 4 is 5.78 Å². The molecule has 0 saturated heterocycles. The number of benzene rings is 1. The number of aryl methyl sites for hydroxylation is 3. The Hall–Kier alpha value is -3.66. The first-order valence-corrected chi connectivity index (χ1v) is 10.6. The van der Waals surface area contributed by atoms with Crippen molar-refractivity contribution in [1.29, 1.82) is 0 Å². The van der Waals surface area contributed by atoms with E-state index in [-0.39, 0.29) is 5.78 Å². The Labute approximate surface area is 182 Å². The maximum atomic E-state index is 12.8. The van der Waals surface area contributed by atoms with Gasteiger partial charge in [-0.25, -0.2) is 0 Å². The van der Waals surface area contributed by atoms with Gasteiger partial charge in [0.05, 0.1) is 5.69 Å². The Balaban J connectivity index is 1.49. The van der Waals surface area contributed by atoms with E-state index in [9.17, 15) is 4.79 Å². The summed E-state index contributed by atoms with van der Waals surface area (Å²) in [5.74, 6) is 0.106. The largest absolute Gasteiger partial charge is 0.294 e. The molecular weight excluding hydrogens is 382 g/mol. The van der Waals surface area contributed by atoms with Crippen LogP contribution in [0.2, 0.25) is 0 Å². The van der Waals surface area contributed by atoms with Gasteiger partial charge >= 0.3 is 0 Å². The number of carbonyl (C=O) groups is 1. The molecule has 3 aromatic heterocycles. The lowest BCUT2D eigenvalue weighted by atomic mass is 9.95. The molecule has 0 amide bonds. The van der Waals surface area contributed by atoms with Crippen LogP contribution in [0.1, 0.15) is 39.0 Å². The van der Waals surface area contributed by atoms with Crippen molar-refractivity contribution < 1.29 is 4.79 Å². The molecule has 0 saturated carbocycles. The minimum absolute atomic E-state index is 0.106. The first kappa shape index (κ1) is 19.3. The number of pyridine rings is 3. The third-order valence-electron chi connectivity index (χ3n) is 5.96. The van der Waals surface area contributed by atoms with Gasteiger partial charge in [-0.3, -0.25) is 19.7 Å². The molecule has 0 spiro atoms. The van der Waals surface area contributed by atoms with E-state index in [1.807, 2.05) is 25.4 Å². The second-order valence-electron chi connectivity index (χ2n) is 8.11. The topological polar surface area (TPSA) is 55.7 Å². The molecule has 1 aliphatic carbocycles. The molecule has 31 heavy (non-hydrogen) atoms. The lowest BCUT2D eigenvalue weighted by Gasteiger charge is -2.12. The summed E-state index contributed by atoms with van der Waals surface area (Å²) in [6.45, 7) is 1.92. The van der Waals surface area contributed by atoms with E-state index >= 15 is 0 Å². The Morgan fingerprint density at radius 3 is 2.61 bits per heavy atom. The van der Waals surface area contributed by atoms with Gasteiger partial charge in [-0.15, -0.1) is 0 Å². The third-order valence-corrected chi connectivity index (χ3v) is 5.96. The van der Waals surface area contributed by atoms with Gasteiger partial charge in [-0.2, -0.15) is 0 Å². The van der Waals surface area contributed by atoms with Gasteiger partial charge in [-0.1, -0.05) is 24.3 Å². The van der Waals surface area contributed by atoms with Crippen molar-refractivity contribution in [2.75, 3.05) is 0 Å². The highest BCUT2D eigenvalue weighted by Gasteiger charge is 2.18. The summed E-state index contributed by atoms with van der Waals surface area (Å²) in [6.07, 6.45) is 12.4. The number of nitrogens with zero attached hydrogens (tertiary/aromatic N) is 3. The van der Waals surface area contributed by atoms with E-state index in [0.29, 0.717) is 6.42 Å². The fourth-order valence-electron chi connectivity index (χ4n) is 4.35. The van der Waals surface area contributed by atoms with Gasteiger partial charge in [0.15, 0.2) is 5.78 Å². The number of hydrogen-bond donors (Lipinski definition) is 0. The Kier molecular flexibility index (Phi) is 5.13. The quantitative estimate of drug-likeness (QED) is 0.425. The van der Waals surface area contributed by atoms with E-state index in [1.165, 1.54) is 16.7 Å². The first-order chi connectivity index (χ1) is 15.2. The number of Topliss-reactive ketones (excluding diaryl/α,β-unsaturated/α-hetero) is 1. The minimum Gasteiger partial charge on any atom is -0.294 e. The van der Waals surface area contributed by atoms with Crippen LogP contribution in [0.3, 0.4) is 0 Å². The highest BCUT2D eigenvalue weighted by molar-refractivity contribution is 5.98. The van der Waals surface area contributed by atoms with Crippen LogP contribution >= 0.6 is 0 Å². The highest BCUT2D eigenvalue weighted by Crippen LogP contribution is 2.34. The molecule has 4 heteroatoms. The standard InChI is InChI=1S/C27H23N3O/c1-18-15-29-11-9-24(18)26(31)13-19-12-22-5-2-4-20-7-8-21(23-6-3-10-28-17-23)14-25(20)27(22)30-16-19/h3,6-12,14-17H,2,4-5,13H2,1H3. The molecule has 4 nitrogen and oxygen atoms in total. The summed E-state index contributed by atoms with van der Waals surface area (Å²) >= 11 is 0. The van der Waals surface area contributed by atoms with Crippen LogP contribution in [-0.2, 0) is 19.3 Å². The lowest BCUT2D eigenvalue weighted by molar-refractivity contribution is 0.0992. The fraction of sp³-hybridized carbons (Fsp3) is 0.185. The second kappa shape index (κ2) is 8.23. The Bertz CT molecular complexity index is 1260. The van der Waals surface area contributed by atoms with Crippen molar-refractivity contribution in [1.82, 2.24) is 15.0 Å². The van der Waals surface area contributed by atoms with Gasteiger partial charge < -0.3 is 0 Å². The van der Waals surface area contributed by atoms with Gasteiger partial charge in [0.1, 0.15) is 0 Å². The maximum Gasteiger partial charge on any atom is 0.167 e. The molecule has 0 N–H and O–H groups in total. The maximum absolute atomic E-state index is 12.8. The van der Waals surface area contributed by atoms with E-state index in [2.05, 4.69) is 40.3 Å². The number of fused-ring (bicyclic) bond motifs is 3. The first-order valence-electron chi connectivity index (χ1n) is 10.6. The minimum atomic E-state index is 0.106. The predicted octanol–water partition coefficient (Wildman–Crippen LogP) is 5.43. The van der Waals surface area contributed by atoms with Crippen LogP contribution in [0.4, 0.5) is 0 Å². The summed E-state index contributed by atoms with van der Waals surface area (Å²) in [5, 5.41) is 0. The van der Waals surface area contributed by atoms with Gasteiger partial charge in [0.25, 0.3) is 0 Å². The summed E-state index contributed by atoms with van der Waals surface area (Å²) < 4.78 is 0. The van der Waals surface area contributed by atoms with Crippen molar-refractivity contribution in [2.45, 2.75) is 32.6 Å². The molecule has 1 aromatic carbocycles. The molecule has 0 fully saturated rings. The van der Waals surface area contributed by atoms with Crippen molar-refractivity contribution in [3.8, 4) is 22.4 Å². The zero-order valence-electron chi connectivity index (χ0n) is 17.5. The van der Waals surface area contributed by atoms with Gasteiger partial charge in [-0.05, 0) is 72.2 Å².